The van der Waals surface area contributed by atoms with Crippen molar-refractivity contribution in [2.24, 2.45) is 5.18 Å². The van der Waals surface area contributed by atoms with Crippen molar-refractivity contribution in [1.29, 1.82) is 0 Å². The monoisotopic (exact) mass is 196 g/mol. The number of aliphatic hydroxyl groups excluding tert-OH is 1. The predicted octanol–water partition coefficient (Wildman–Crippen LogP) is 1.04. The molecule has 76 valence electrons. The molecule has 0 heterocycles. The lowest BCUT2D eigenvalue weighted by Gasteiger charge is -2.10. The molecule has 1 unspecified atom stereocenters. The molecule has 14 heavy (non-hydrogen) atoms. The Labute approximate surface area is 81.4 Å². The van der Waals surface area contributed by atoms with Crippen molar-refractivity contribution in [2.45, 2.75) is 6.10 Å². The fourth-order valence-electron chi connectivity index (χ4n) is 1.14. The van der Waals surface area contributed by atoms with Crippen LogP contribution in [0.3, 0.4) is 0 Å². The number of phenolic OH excluding ortho intramolecular Hbond substituents is 1. The maximum absolute atomic E-state index is 10.1. The predicted molar refractivity (Wildman–Crippen MR) is 52.4 cm³/mol. The van der Waals surface area contributed by atoms with Gasteiger partial charge in [-0.3, -0.25) is 0 Å². The third kappa shape index (κ3) is 2.27. The molecule has 0 saturated carbocycles. The Morgan fingerprint density at radius 2 is 2.29 bits per heavy atom. The lowest BCUT2D eigenvalue weighted by molar-refractivity contribution is 0.177. The van der Waals surface area contributed by atoms with Crippen LogP contribution in [0.1, 0.15) is 11.7 Å². The average molecular weight is 196 g/mol. The number of nitrogens with zero attached hydrogens (tertiary/aromatic N) is 1. The number of aliphatic hydroxyl groups is 1. The lowest BCUT2D eigenvalue weighted by Crippen LogP contribution is -2.16. The van der Waals surface area contributed by atoms with Crippen LogP contribution in [0.5, 0.6) is 5.75 Å². The molecule has 5 heteroatoms. The molecule has 1 aromatic carbocycles. The molecule has 3 N–H and O–H groups in total. The molecule has 5 nitrogen and oxygen atoms in total. The van der Waals surface area contributed by atoms with Gasteiger partial charge in [-0.05, 0) is 29.9 Å². The summed E-state index contributed by atoms with van der Waals surface area (Å²) in [5.74, 6) is -0.215. The molecule has 0 amide bonds. The third-order valence-corrected chi connectivity index (χ3v) is 1.88. The van der Waals surface area contributed by atoms with Gasteiger partial charge in [-0.1, -0.05) is 6.07 Å². The minimum atomic E-state index is -0.702. The van der Waals surface area contributed by atoms with E-state index in [0.29, 0.717) is 12.1 Å². The number of benzene rings is 1. The first-order chi connectivity index (χ1) is 6.69. The number of likely N-dealkylation sites (N-methyl/N-ethyl adjacent to an activating group) is 1. The fraction of sp³-hybridized carbons (Fsp3) is 0.333. The highest BCUT2D eigenvalue weighted by Gasteiger charge is 2.09. The zero-order valence-electron chi connectivity index (χ0n) is 7.77. The molecule has 0 spiro atoms. The van der Waals surface area contributed by atoms with Crippen LogP contribution in [0.4, 0.5) is 5.69 Å². The van der Waals surface area contributed by atoms with E-state index in [1.165, 1.54) is 12.1 Å². The highest BCUT2D eigenvalue weighted by Crippen LogP contribution is 2.28. The molecule has 0 aromatic heterocycles. The molecule has 0 fully saturated rings. The van der Waals surface area contributed by atoms with Crippen LogP contribution in [-0.4, -0.2) is 23.8 Å². The number of nitroso groups, excluding NO2 is 1. The van der Waals surface area contributed by atoms with Crippen LogP contribution >= 0.6 is 0 Å². The SMILES string of the molecule is CNCC(O)c1ccc(N=O)c(O)c1. The van der Waals surface area contributed by atoms with Crippen LogP contribution < -0.4 is 5.32 Å². The molecule has 0 saturated heterocycles. The minimum Gasteiger partial charge on any atom is -0.506 e. The van der Waals surface area contributed by atoms with Gasteiger partial charge in [0.15, 0.2) is 0 Å². The zero-order chi connectivity index (χ0) is 10.6. The Bertz CT molecular complexity index is 328. The summed E-state index contributed by atoms with van der Waals surface area (Å²) in [6, 6.07) is 4.26. The van der Waals surface area contributed by atoms with E-state index in [2.05, 4.69) is 10.5 Å². The number of rotatable bonds is 4. The summed E-state index contributed by atoms with van der Waals surface area (Å²) >= 11 is 0. The molecule has 1 atom stereocenters. The van der Waals surface area contributed by atoms with E-state index in [1.807, 2.05) is 0 Å². The second kappa shape index (κ2) is 4.69. The standard InChI is InChI=1S/C9H12N2O3/c1-10-5-9(13)6-2-3-7(11-14)8(12)4-6/h2-4,9-10,12-13H,5H2,1H3. The number of hydrogen-bond acceptors (Lipinski definition) is 5. The van der Waals surface area contributed by atoms with Gasteiger partial charge in [-0.15, -0.1) is 4.91 Å². The fourth-order valence-corrected chi connectivity index (χ4v) is 1.14. The van der Waals surface area contributed by atoms with Gasteiger partial charge >= 0.3 is 0 Å². The average Bonchev–Trinajstić information content (AvgIpc) is 2.18. The van der Waals surface area contributed by atoms with E-state index in [0.717, 1.165) is 0 Å². The van der Waals surface area contributed by atoms with E-state index in [-0.39, 0.29) is 11.4 Å². The smallest absolute Gasteiger partial charge is 0.149 e. The summed E-state index contributed by atoms with van der Waals surface area (Å²) in [6.45, 7) is 0.382. The topological polar surface area (TPSA) is 81.9 Å². The molecular formula is C9H12N2O3. The van der Waals surface area contributed by atoms with Crippen LogP contribution in [0.25, 0.3) is 0 Å². The maximum Gasteiger partial charge on any atom is 0.149 e. The van der Waals surface area contributed by atoms with Crippen LogP contribution in [0.2, 0.25) is 0 Å². The summed E-state index contributed by atoms with van der Waals surface area (Å²) in [5, 5.41) is 24.2. The van der Waals surface area contributed by atoms with Gasteiger partial charge in [0.25, 0.3) is 0 Å². The van der Waals surface area contributed by atoms with Crippen molar-refractivity contribution in [3.8, 4) is 5.75 Å². The number of hydrogen-bond donors (Lipinski definition) is 3. The van der Waals surface area contributed by atoms with Gasteiger partial charge < -0.3 is 15.5 Å². The Hall–Kier alpha value is -1.46. The second-order valence-electron chi connectivity index (χ2n) is 2.91. The number of aromatic hydroxyl groups is 1. The molecule has 0 aliphatic rings. The first kappa shape index (κ1) is 10.6. The summed E-state index contributed by atoms with van der Waals surface area (Å²) in [6.07, 6.45) is -0.702. The molecule has 1 aromatic rings. The minimum absolute atomic E-state index is 0.0228. The van der Waals surface area contributed by atoms with Crippen molar-refractivity contribution in [1.82, 2.24) is 5.32 Å². The van der Waals surface area contributed by atoms with Crippen molar-refractivity contribution in [3.63, 3.8) is 0 Å². The summed E-state index contributed by atoms with van der Waals surface area (Å²) in [7, 11) is 1.71. The van der Waals surface area contributed by atoms with Crippen molar-refractivity contribution >= 4 is 5.69 Å². The van der Waals surface area contributed by atoms with E-state index in [4.69, 9.17) is 0 Å². The first-order valence-corrected chi connectivity index (χ1v) is 4.18. The van der Waals surface area contributed by atoms with Gasteiger partial charge in [0, 0.05) is 6.54 Å². The largest absolute Gasteiger partial charge is 0.506 e. The highest BCUT2D eigenvalue weighted by molar-refractivity contribution is 5.52. The van der Waals surface area contributed by atoms with Gasteiger partial charge in [-0.25, -0.2) is 0 Å². The van der Waals surface area contributed by atoms with Gasteiger partial charge in [0.2, 0.25) is 0 Å². The summed E-state index contributed by atoms with van der Waals surface area (Å²) in [5.41, 5.74) is 0.523. The molecule has 1 rings (SSSR count). The number of phenols is 1. The van der Waals surface area contributed by atoms with Gasteiger partial charge in [0.05, 0.1) is 6.10 Å². The van der Waals surface area contributed by atoms with Crippen molar-refractivity contribution < 1.29 is 10.2 Å². The van der Waals surface area contributed by atoms with Crippen LogP contribution in [0.15, 0.2) is 23.4 Å². The molecule has 0 bridgehead atoms. The molecule has 0 aliphatic carbocycles. The van der Waals surface area contributed by atoms with Crippen LogP contribution in [-0.2, 0) is 0 Å². The summed E-state index contributed by atoms with van der Waals surface area (Å²) < 4.78 is 0. The Morgan fingerprint density at radius 3 is 2.79 bits per heavy atom. The Morgan fingerprint density at radius 1 is 1.57 bits per heavy atom. The van der Waals surface area contributed by atoms with E-state index >= 15 is 0 Å². The van der Waals surface area contributed by atoms with Gasteiger partial charge in [-0.2, -0.15) is 0 Å². The van der Waals surface area contributed by atoms with E-state index < -0.39 is 6.10 Å². The Kier molecular flexibility index (Phi) is 3.55. The lowest BCUT2D eigenvalue weighted by atomic mass is 10.1. The maximum atomic E-state index is 10.1. The normalized spacial score (nSPS) is 12.4. The summed E-state index contributed by atoms with van der Waals surface area (Å²) in [4.78, 5) is 10.1. The molecule has 0 aliphatic heterocycles. The van der Waals surface area contributed by atoms with Crippen molar-refractivity contribution in [3.05, 3.63) is 28.7 Å². The van der Waals surface area contributed by atoms with E-state index in [1.54, 1.807) is 13.1 Å². The van der Waals surface area contributed by atoms with Crippen LogP contribution in [0, 0.1) is 4.91 Å². The quantitative estimate of drug-likeness (QED) is 0.628. The first-order valence-electron chi connectivity index (χ1n) is 4.18. The number of nitrogens with one attached hydrogen (secondary N) is 1. The second-order valence-corrected chi connectivity index (χ2v) is 2.91. The zero-order valence-corrected chi connectivity index (χ0v) is 7.77. The molecule has 0 radical (unpaired) electrons. The third-order valence-electron chi connectivity index (χ3n) is 1.88. The highest BCUT2D eigenvalue weighted by atomic mass is 16.3. The van der Waals surface area contributed by atoms with Crippen molar-refractivity contribution in [2.75, 3.05) is 13.6 Å². The van der Waals surface area contributed by atoms with E-state index in [9.17, 15) is 15.1 Å². The molecular weight excluding hydrogens is 184 g/mol. The Balaban J connectivity index is 2.90. The van der Waals surface area contributed by atoms with Gasteiger partial charge in [0.1, 0.15) is 11.4 Å².